The predicted octanol–water partition coefficient (Wildman–Crippen LogP) is 2.85. The van der Waals surface area contributed by atoms with Crippen molar-refractivity contribution in [2.45, 2.75) is 51.8 Å². The molecule has 29 heavy (non-hydrogen) atoms. The van der Waals surface area contributed by atoms with Gasteiger partial charge in [-0.3, -0.25) is 14.4 Å². The maximum Gasteiger partial charge on any atom is 0.252 e. The van der Waals surface area contributed by atoms with Crippen LogP contribution in [0, 0.1) is 5.92 Å². The van der Waals surface area contributed by atoms with Crippen LogP contribution in [0.25, 0.3) is 10.8 Å². The zero-order chi connectivity index (χ0) is 21.2. The summed E-state index contributed by atoms with van der Waals surface area (Å²) in [6.45, 7) is 7.38. The Hall–Kier alpha value is -2.73. The third-order valence-corrected chi connectivity index (χ3v) is 5.60. The van der Waals surface area contributed by atoms with Gasteiger partial charge in [0.15, 0.2) is 5.78 Å². The number of rotatable bonds is 6. The Morgan fingerprint density at radius 2 is 1.86 bits per heavy atom. The lowest BCUT2D eigenvalue weighted by Crippen LogP contribution is -2.60. The molecular weight excluding hydrogens is 368 g/mol. The average molecular weight is 396 g/mol. The second kappa shape index (κ2) is 8.33. The largest absolute Gasteiger partial charge is 0.368 e. The summed E-state index contributed by atoms with van der Waals surface area (Å²) < 4.78 is 5.39. The monoisotopic (exact) mass is 396 g/mol. The highest BCUT2D eigenvalue weighted by Gasteiger charge is 2.47. The van der Waals surface area contributed by atoms with Gasteiger partial charge in [0, 0.05) is 5.56 Å². The van der Waals surface area contributed by atoms with Crippen LogP contribution < -0.4 is 10.6 Å². The summed E-state index contributed by atoms with van der Waals surface area (Å²) >= 11 is 0. The molecule has 1 saturated heterocycles. The van der Waals surface area contributed by atoms with Gasteiger partial charge in [0.25, 0.3) is 5.91 Å². The molecule has 3 rings (SSSR count). The van der Waals surface area contributed by atoms with Crippen molar-refractivity contribution in [1.29, 1.82) is 0 Å². The van der Waals surface area contributed by atoms with Gasteiger partial charge in [-0.15, -0.1) is 0 Å². The molecule has 0 spiro atoms. The van der Waals surface area contributed by atoms with Gasteiger partial charge < -0.3 is 15.4 Å². The highest BCUT2D eigenvalue weighted by Crippen LogP contribution is 2.23. The Labute approximate surface area is 171 Å². The standard InChI is InChI=1S/C23H28N2O4/c1-14(2)12-19(22(28)25-23(4)15(3)29-13-20(23)26)24-21(27)18-11-7-9-16-8-5-6-10-17(16)18/h5-11,14-15,19H,12-13H2,1-4H3,(H,24,27)(H,25,28)/t15-,19?,23-/m1/s1. The Bertz CT molecular complexity index is 934. The lowest BCUT2D eigenvalue weighted by molar-refractivity contribution is -0.130. The van der Waals surface area contributed by atoms with Gasteiger partial charge in [-0.25, -0.2) is 0 Å². The number of benzene rings is 2. The van der Waals surface area contributed by atoms with Crippen molar-refractivity contribution in [3.8, 4) is 0 Å². The molecule has 6 heteroatoms. The van der Waals surface area contributed by atoms with Crippen molar-refractivity contribution < 1.29 is 19.1 Å². The van der Waals surface area contributed by atoms with E-state index in [0.717, 1.165) is 10.8 Å². The van der Waals surface area contributed by atoms with Crippen LogP contribution in [-0.2, 0) is 14.3 Å². The quantitative estimate of drug-likeness (QED) is 0.786. The third kappa shape index (κ3) is 4.32. The van der Waals surface area contributed by atoms with E-state index in [9.17, 15) is 14.4 Å². The fourth-order valence-corrected chi connectivity index (χ4v) is 3.62. The van der Waals surface area contributed by atoms with Crippen LogP contribution in [0.3, 0.4) is 0 Å². The first-order valence-electron chi connectivity index (χ1n) is 9.98. The topological polar surface area (TPSA) is 84.5 Å². The minimum atomic E-state index is -1.09. The molecule has 6 nitrogen and oxygen atoms in total. The normalized spacial score (nSPS) is 22.7. The second-order valence-electron chi connectivity index (χ2n) is 8.25. The fourth-order valence-electron chi connectivity index (χ4n) is 3.62. The molecule has 3 atom stereocenters. The molecule has 1 fully saturated rings. The summed E-state index contributed by atoms with van der Waals surface area (Å²) in [5.41, 5.74) is -0.569. The highest BCUT2D eigenvalue weighted by molar-refractivity contribution is 6.08. The van der Waals surface area contributed by atoms with Gasteiger partial charge >= 0.3 is 0 Å². The van der Waals surface area contributed by atoms with Crippen LogP contribution in [0.2, 0.25) is 0 Å². The Morgan fingerprint density at radius 3 is 2.52 bits per heavy atom. The van der Waals surface area contributed by atoms with Crippen LogP contribution in [-0.4, -0.2) is 41.9 Å². The Balaban J connectivity index is 1.82. The molecule has 1 unspecified atom stereocenters. The van der Waals surface area contributed by atoms with Crippen LogP contribution in [0.4, 0.5) is 0 Å². The van der Waals surface area contributed by atoms with Gasteiger partial charge in [0.05, 0.1) is 6.10 Å². The van der Waals surface area contributed by atoms with Crippen molar-refractivity contribution in [1.82, 2.24) is 10.6 Å². The zero-order valence-corrected chi connectivity index (χ0v) is 17.3. The minimum Gasteiger partial charge on any atom is -0.368 e. The molecule has 2 amide bonds. The molecule has 2 N–H and O–H groups in total. The molecule has 154 valence electrons. The molecule has 0 bridgehead atoms. The van der Waals surface area contributed by atoms with Crippen molar-refractivity contribution >= 4 is 28.4 Å². The summed E-state index contributed by atoms with van der Waals surface area (Å²) in [5, 5.41) is 7.49. The van der Waals surface area contributed by atoms with Crippen LogP contribution in [0.15, 0.2) is 42.5 Å². The Morgan fingerprint density at radius 1 is 1.17 bits per heavy atom. The maximum absolute atomic E-state index is 13.0. The molecule has 1 aliphatic rings. The SMILES string of the molecule is CC(C)CC(NC(=O)c1cccc2ccccc12)C(=O)N[C@@]1(C)C(=O)CO[C@@H]1C. The van der Waals surface area contributed by atoms with Crippen LogP contribution >= 0.6 is 0 Å². The van der Waals surface area contributed by atoms with Gasteiger partial charge in [0.1, 0.15) is 18.2 Å². The molecule has 0 saturated carbocycles. The molecular formula is C23H28N2O4. The van der Waals surface area contributed by atoms with Crippen LogP contribution in [0.5, 0.6) is 0 Å². The van der Waals surface area contributed by atoms with E-state index in [1.807, 2.05) is 50.2 Å². The molecule has 0 radical (unpaired) electrons. The number of ketones is 1. The van der Waals surface area contributed by atoms with Gasteiger partial charge in [0.2, 0.25) is 5.91 Å². The lowest BCUT2D eigenvalue weighted by atomic mass is 9.92. The Kier molecular flexibility index (Phi) is 6.03. The van der Waals surface area contributed by atoms with Crippen LogP contribution in [0.1, 0.15) is 44.5 Å². The van der Waals surface area contributed by atoms with E-state index in [2.05, 4.69) is 10.6 Å². The van der Waals surface area contributed by atoms with E-state index in [4.69, 9.17) is 4.74 Å². The lowest BCUT2D eigenvalue weighted by Gasteiger charge is -2.30. The summed E-state index contributed by atoms with van der Waals surface area (Å²) in [6, 6.07) is 12.4. The average Bonchev–Trinajstić information content (AvgIpc) is 2.93. The highest BCUT2D eigenvalue weighted by atomic mass is 16.5. The first kappa shape index (κ1) is 21.0. The molecule has 0 aliphatic carbocycles. The summed E-state index contributed by atoms with van der Waals surface area (Å²) in [4.78, 5) is 38.3. The first-order chi connectivity index (χ1) is 13.7. The third-order valence-electron chi connectivity index (χ3n) is 5.60. The number of hydrogen-bond donors (Lipinski definition) is 2. The van der Waals surface area contributed by atoms with Crippen molar-refractivity contribution in [3.63, 3.8) is 0 Å². The first-order valence-corrected chi connectivity index (χ1v) is 9.98. The molecule has 0 aromatic heterocycles. The van der Waals surface area contributed by atoms with Crippen molar-refractivity contribution in [3.05, 3.63) is 48.0 Å². The minimum absolute atomic E-state index is 0.0187. The van der Waals surface area contributed by atoms with E-state index in [-0.39, 0.29) is 30.1 Å². The molecule has 1 heterocycles. The summed E-state index contributed by atoms with van der Waals surface area (Å²) in [7, 11) is 0. The number of nitrogens with one attached hydrogen (secondary N) is 2. The number of carbonyl (C=O) groups excluding carboxylic acids is 3. The van der Waals surface area contributed by atoms with Gasteiger partial charge in [-0.05, 0) is 43.0 Å². The predicted molar refractivity (Wildman–Crippen MR) is 112 cm³/mol. The molecule has 2 aromatic carbocycles. The van der Waals surface area contributed by atoms with E-state index in [1.165, 1.54) is 0 Å². The van der Waals surface area contributed by atoms with E-state index in [0.29, 0.717) is 12.0 Å². The molecule has 2 aromatic rings. The van der Waals surface area contributed by atoms with E-state index >= 15 is 0 Å². The number of ether oxygens (including phenoxy) is 1. The molecule has 1 aliphatic heterocycles. The van der Waals surface area contributed by atoms with E-state index < -0.39 is 17.7 Å². The zero-order valence-electron chi connectivity index (χ0n) is 17.3. The number of carbonyl (C=O) groups is 3. The second-order valence-corrected chi connectivity index (χ2v) is 8.25. The van der Waals surface area contributed by atoms with Crippen molar-refractivity contribution in [2.75, 3.05) is 6.61 Å². The number of hydrogen-bond acceptors (Lipinski definition) is 4. The number of amides is 2. The van der Waals surface area contributed by atoms with Gasteiger partial charge in [-0.1, -0.05) is 50.2 Å². The number of fused-ring (bicyclic) bond motifs is 1. The maximum atomic E-state index is 13.0. The summed E-state index contributed by atoms with van der Waals surface area (Å²) in [5.74, 6) is -0.670. The van der Waals surface area contributed by atoms with Crippen molar-refractivity contribution in [2.24, 2.45) is 5.92 Å². The smallest absolute Gasteiger partial charge is 0.252 e. The van der Waals surface area contributed by atoms with E-state index in [1.54, 1.807) is 19.9 Å². The number of Topliss-reactive ketones (excluding diaryl/α,β-unsaturated/α-hetero) is 1. The summed E-state index contributed by atoms with van der Waals surface area (Å²) in [6.07, 6.45) is 0.0365. The van der Waals surface area contributed by atoms with Gasteiger partial charge in [-0.2, -0.15) is 0 Å². The fraction of sp³-hybridized carbons (Fsp3) is 0.435.